The van der Waals surface area contributed by atoms with Crippen molar-refractivity contribution in [3.8, 4) is 22.8 Å². The molecule has 0 fully saturated rings. The summed E-state index contributed by atoms with van der Waals surface area (Å²) < 4.78 is 7.61. The summed E-state index contributed by atoms with van der Waals surface area (Å²) in [6.07, 6.45) is 0.723. The number of hydrogen-bond acceptors (Lipinski definition) is 5. The normalized spacial score (nSPS) is 10.9. The summed E-state index contributed by atoms with van der Waals surface area (Å²) in [5.74, 6) is 2.44. The van der Waals surface area contributed by atoms with E-state index in [9.17, 15) is 0 Å². The Morgan fingerprint density at radius 2 is 1.92 bits per heavy atom. The molecule has 3 aromatic rings. The van der Waals surface area contributed by atoms with Gasteiger partial charge in [-0.1, -0.05) is 35.5 Å². The molecule has 3 rings (SSSR count). The Morgan fingerprint density at radius 3 is 2.62 bits per heavy atom. The van der Waals surface area contributed by atoms with E-state index in [-0.39, 0.29) is 6.61 Å². The number of hydrogen-bond donors (Lipinski definition) is 1. The molecule has 1 N–H and O–H groups in total. The van der Waals surface area contributed by atoms with Gasteiger partial charge in [-0.15, -0.1) is 10.2 Å². The maximum absolute atomic E-state index is 9.06. The Kier molecular flexibility index (Phi) is 6.30. The molecule has 0 saturated heterocycles. The van der Waals surface area contributed by atoms with Crippen LogP contribution in [0.1, 0.15) is 18.9 Å². The van der Waals surface area contributed by atoms with E-state index >= 15 is 0 Å². The molecule has 2 aromatic carbocycles. The monoisotopic (exact) mass is 369 g/mol. The predicted molar refractivity (Wildman–Crippen MR) is 105 cm³/mol. The molecule has 0 spiro atoms. The van der Waals surface area contributed by atoms with Gasteiger partial charge in [0.25, 0.3) is 0 Å². The number of benzene rings is 2. The zero-order valence-corrected chi connectivity index (χ0v) is 15.9. The molecule has 1 heterocycles. The summed E-state index contributed by atoms with van der Waals surface area (Å²) in [5.41, 5.74) is 3.19. The van der Waals surface area contributed by atoms with Gasteiger partial charge in [-0.3, -0.25) is 4.57 Å². The van der Waals surface area contributed by atoms with Crippen molar-refractivity contribution >= 4 is 11.8 Å². The fraction of sp³-hybridized carbons (Fsp3) is 0.300. The Hall–Kier alpha value is -2.31. The van der Waals surface area contributed by atoms with Crippen molar-refractivity contribution in [1.29, 1.82) is 0 Å². The third-order valence-corrected chi connectivity index (χ3v) is 4.86. The molecule has 26 heavy (non-hydrogen) atoms. The minimum atomic E-state index is 0.176. The van der Waals surface area contributed by atoms with Crippen LogP contribution in [0.15, 0.2) is 53.7 Å². The predicted octanol–water partition coefficient (Wildman–Crippen LogP) is 4.12. The minimum Gasteiger partial charge on any atom is -0.494 e. The second-order valence-corrected chi connectivity index (χ2v) is 6.93. The number of thioether (sulfide) groups is 1. The summed E-state index contributed by atoms with van der Waals surface area (Å²) in [4.78, 5) is 0. The van der Waals surface area contributed by atoms with Gasteiger partial charge in [0, 0.05) is 23.6 Å². The summed E-state index contributed by atoms with van der Waals surface area (Å²) in [5, 5.41) is 18.7. The van der Waals surface area contributed by atoms with E-state index < -0.39 is 0 Å². The lowest BCUT2D eigenvalue weighted by Gasteiger charge is -2.11. The van der Waals surface area contributed by atoms with E-state index in [1.165, 1.54) is 5.56 Å². The highest BCUT2D eigenvalue weighted by molar-refractivity contribution is 7.99. The lowest BCUT2D eigenvalue weighted by molar-refractivity contribution is 0.296. The second kappa shape index (κ2) is 8.87. The average molecular weight is 369 g/mol. The highest BCUT2D eigenvalue weighted by atomic mass is 32.2. The van der Waals surface area contributed by atoms with Crippen molar-refractivity contribution < 1.29 is 9.84 Å². The first-order valence-electron chi connectivity index (χ1n) is 8.72. The average Bonchev–Trinajstić information content (AvgIpc) is 3.07. The van der Waals surface area contributed by atoms with Gasteiger partial charge in [0.2, 0.25) is 0 Å². The fourth-order valence-electron chi connectivity index (χ4n) is 2.65. The fourth-order valence-corrected chi connectivity index (χ4v) is 3.53. The molecule has 0 aliphatic rings. The number of aryl methyl sites for hydroxylation is 1. The van der Waals surface area contributed by atoms with Gasteiger partial charge in [-0.2, -0.15) is 0 Å². The maximum atomic E-state index is 9.06. The van der Waals surface area contributed by atoms with Crippen molar-refractivity contribution in [3.63, 3.8) is 0 Å². The van der Waals surface area contributed by atoms with Crippen LogP contribution in [0.5, 0.6) is 5.75 Å². The molecule has 0 unspecified atom stereocenters. The van der Waals surface area contributed by atoms with Crippen LogP contribution in [-0.2, 0) is 0 Å². The van der Waals surface area contributed by atoms with Crippen molar-refractivity contribution in [1.82, 2.24) is 14.8 Å². The van der Waals surface area contributed by atoms with Gasteiger partial charge < -0.3 is 9.84 Å². The Balaban J connectivity index is 2.02. The SMILES string of the molecule is CCOc1ccc(-n2c(SCCCO)nnc2-c2cccc(C)c2)cc1. The first-order chi connectivity index (χ1) is 12.7. The van der Waals surface area contributed by atoms with Gasteiger partial charge in [-0.05, 0) is 50.6 Å². The molecule has 5 nitrogen and oxygen atoms in total. The van der Waals surface area contributed by atoms with Crippen LogP contribution in [0, 0.1) is 6.92 Å². The third-order valence-electron chi connectivity index (χ3n) is 3.85. The van der Waals surface area contributed by atoms with Crippen molar-refractivity contribution in [2.75, 3.05) is 19.0 Å². The summed E-state index contributed by atoms with van der Waals surface area (Å²) in [6, 6.07) is 16.2. The third kappa shape index (κ3) is 4.26. The van der Waals surface area contributed by atoms with E-state index in [0.717, 1.165) is 40.2 Å². The van der Waals surface area contributed by atoms with E-state index in [1.54, 1.807) is 11.8 Å². The van der Waals surface area contributed by atoms with Crippen molar-refractivity contribution in [2.45, 2.75) is 25.4 Å². The number of aliphatic hydroxyl groups excluding tert-OH is 1. The molecule has 0 bridgehead atoms. The molecule has 0 saturated carbocycles. The number of rotatable bonds is 8. The molecule has 0 atom stereocenters. The van der Waals surface area contributed by atoms with Crippen LogP contribution < -0.4 is 4.74 Å². The summed E-state index contributed by atoms with van der Waals surface area (Å²) in [6.45, 7) is 4.86. The van der Waals surface area contributed by atoms with E-state index in [0.29, 0.717) is 6.61 Å². The van der Waals surface area contributed by atoms with Gasteiger partial charge in [0.1, 0.15) is 5.75 Å². The summed E-state index contributed by atoms with van der Waals surface area (Å²) in [7, 11) is 0. The molecule has 6 heteroatoms. The number of aromatic nitrogens is 3. The molecule has 0 aliphatic heterocycles. The maximum Gasteiger partial charge on any atom is 0.196 e. The lowest BCUT2D eigenvalue weighted by atomic mass is 10.1. The minimum absolute atomic E-state index is 0.176. The Morgan fingerprint density at radius 1 is 1.12 bits per heavy atom. The largest absolute Gasteiger partial charge is 0.494 e. The first-order valence-corrected chi connectivity index (χ1v) is 9.71. The molecule has 0 radical (unpaired) electrons. The number of aliphatic hydroxyl groups is 1. The van der Waals surface area contributed by atoms with Crippen LogP contribution >= 0.6 is 11.8 Å². The van der Waals surface area contributed by atoms with Crippen LogP contribution in [0.4, 0.5) is 0 Å². The van der Waals surface area contributed by atoms with E-state index in [1.807, 2.05) is 43.3 Å². The van der Waals surface area contributed by atoms with E-state index in [4.69, 9.17) is 9.84 Å². The van der Waals surface area contributed by atoms with Crippen LogP contribution in [0.3, 0.4) is 0 Å². The molecule has 136 valence electrons. The topological polar surface area (TPSA) is 60.2 Å². The quantitative estimate of drug-likeness (QED) is 0.478. The van der Waals surface area contributed by atoms with Crippen LogP contribution in [0.25, 0.3) is 17.1 Å². The zero-order valence-electron chi connectivity index (χ0n) is 15.1. The first kappa shape index (κ1) is 18.5. The Labute approximate surface area is 158 Å². The zero-order chi connectivity index (χ0) is 18.4. The molecule has 1 aromatic heterocycles. The van der Waals surface area contributed by atoms with Crippen molar-refractivity contribution in [2.24, 2.45) is 0 Å². The smallest absolute Gasteiger partial charge is 0.196 e. The van der Waals surface area contributed by atoms with Crippen molar-refractivity contribution in [3.05, 3.63) is 54.1 Å². The molecule has 0 aliphatic carbocycles. The number of ether oxygens (including phenoxy) is 1. The molecular formula is C20H23N3O2S. The molecular weight excluding hydrogens is 346 g/mol. The highest BCUT2D eigenvalue weighted by Gasteiger charge is 2.16. The molecule has 0 amide bonds. The van der Waals surface area contributed by atoms with Crippen LogP contribution in [0.2, 0.25) is 0 Å². The highest BCUT2D eigenvalue weighted by Crippen LogP contribution is 2.29. The van der Waals surface area contributed by atoms with Gasteiger partial charge in [-0.25, -0.2) is 0 Å². The lowest BCUT2D eigenvalue weighted by Crippen LogP contribution is -2.01. The number of nitrogens with zero attached hydrogens (tertiary/aromatic N) is 3. The Bertz CT molecular complexity index is 847. The second-order valence-electron chi connectivity index (χ2n) is 5.86. The standard InChI is InChI=1S/C20H23N3O2S/c1-3-25-18-10-8-17(9-11-18)23-19(16-7-4-6-15(2)14-16)21-22-20(23)26-13-5-12-24/h4,6-11,14,24H,3,5,12-13H2,1-2H3. The summed E-state index contributed by atoms with van der Waals surface area (Å²) >= 11 is 1.60. The van der Waals surface area contributed by atoms with Crippen LogP contribution in [-0.4, -0.2) is 38.8 Å². The van der Waals surface area contributed by atoms with E-state index in [2.05, 4.69) is 33.8 Å². The van der Waals surface area contributed by atoms with Gasteiger partial charge >= 0.3 is 0 Å². The van der Waals surface area contributed by atoms with Gasteiger partial charge in [0.15, 0.2) is 11.0 Å². The van der Waals surface area contributed by atoms with Gasteiger partial charge in [0.05, 0.1) is 6.61 Å².